The summed E-state index contributed by atoms with van der Waals surface area (Å²) < 4.78 is 20.1. The van der Waals surface area contributed by atoms with E-state index in [2.05, 4.69) is 4.98 Å². The number of aryl methyl sites for hydroxylation is 1. The highest BCUT2D eigenvalue weighted by Gasteiger charge is 2.10. The smallest absolute Gasteiger partial charge is 0.316 e. The summed E-state index contributed by atoms with van der Waals surface area (Å²) in [5.41, 5.74) is 1.52. The molecule has 3 aromatic rings. The van der Waals surface area contributed by atoms with Crippen molar-refractivity contribution in [1.82, 2.24) is 9.38 Å². The Kier molecular flexibility index (Phi) is 5.14. The molecule has 7 heteroatoms. The molecule has 5 nitrogen and oxygen atoms in total. The van der Waals surface area contributed by atoms with Gasteiger partial charge in [-0.15, -0.1) is 11.8 Å². The molecule has 25 heavy (non-hydrogen) atoms. The number of aromatic nitrogens is 2. The van der Waals surface area contributed by atoms with Crippen molar-refractivity contribution in [2.45, 2.75) is 18.4 Å². The molecular weight excluding hydrogens is 343 g/mol. The van der Waals surface area contributed by atoms with Crippen molar-refractivity contribution in [3.8, 4) is 0 Å². The Balaban J connectivity index is 1.64. The fourth-order valence-electron chi connectivity index (χ4n) is 2.28. The number of halogens is 1. The molecule has 0 radical (unpaired) electrons. The molecule has 0 spiro atoms. The first-order valence-electron chi connectivity index (χ1n) is 7.55. The monoisotopic (exact) mass is 358 g/mol. The number of benzene rings is 1. The predicted octanol–water partition coefficient (Wildman–Crippen LogP) is 2.98. The minimum absolute atomic E-state index is 0.0213. The van der Waals surface area contributed by atoms with Gasteiger partial charge in [-0.2, -0.15) is 0 Å². The van der Waals surface area contributed by atoms with Crippen molar-refractivity contribution in [2.75, 3.05) is 5.75 Å². The van der Waals surface area contributed by atoms with E-state index in [-0.39, 0.29) is 23.7 Å². The molecule has 0 saturated heterocycles. The summed E-state index contributed by atoms with van der Waals surface area (Å²) in [6.45, 7) is 1.75. The van der Waals surface area contributed by atoms with Crippen LogP contribution < -0.4 is 5.56 Å². The molecule has 0 bridgehead atoms. The van der Waals surface area contributed by atoms with Gasteiger partial charge in [0.25, 0.3) is 5.56 Å². The van der Waals surface area contributed by atoms with Gasteiger partial charge in [-0.05, 0) is 30.7 Å². The van der Waals surface area contributed by atoms with Gasteiger partial charge >= 0.3 is 5.97 Å². The van der Waals surface area contributed by atoms with Crippen LogP contribution in [-0.2, 0) is 16.1 Å². The topological polar surface area (TPSA) is 60.7 Å². The number of thioether (sulfide) groups is 1. The first kappa shape index (κ1) is 17.2. The molecule has 128 valence electrons. The number of hydrogen-bond donors (Lipinski definition) is 0. The molecule has 0 aliphatic rings. The van der Waals surface area contributed by atoms with Gasteiger partial charge < -0.3 is 4.74 Å². The Morgan fingerprint density at radius 2 is 2.08 bits per heavy atom. The van der Waals surface area contributed by atoms with Gasteiger partial charge in [0.2, 0.25) is 0 Å². The van der Waals surface area contributed by atoms with E-state index in [1.54, 1.807) is 30.5 Å². The summed E-state index contributed by atoms with van der Waals surface area (Å²) in [4.78, 5) is 28.7. The lowest BCUT2D eigenvalue weighted by atomic mass is 10.3. The fraction of sp³-hybridized carbons (Fsp3) is 0.167. The second-order valence-corrected chi connectivity index (χ2v) is 6.37. The average molecular weight is 358 g/mol. The number of nitrogens with zero attached hydrogens (tertiary/aromatic N) is 2. The fourth-order valence-corrected chi connectivity index (χ4v) is 3.01. The van der Waals surface area contributed by atoms with Crippen molar-refractivity contribution in [2.24, 2.45) is 0 Å². The zero-order valence-electron chi connectivity index (χ0n) is 13.4. The number of hydrogen-bond acceptors (Lipinski definition) is 5. The third kappa shape index (κ3) is 4.06. The molecule has 3 rings (SSSR count). The number of ether oxygens (including phenoxy) is 1. The molecule has 0 aliphatic carbocycles. The maximum absolute atomic E-state index is 13.5. The van der Waals surface area contributed by atoms with Gasteiger partial charge in [0.1, 0.15) is 18.1 Å². The van der Waals surface area contributed by atoms with Crippen molar-refractivity contribution < 1.29 is 13.9 Å². The van der Waals surface area contributed by atoms with E-state index >= 15 is 0 Å². The summed E-state index contributed by atoms with van der Waals surface area (Å²) in [6, 6.07) is 11.2. The number of fused-ring (bicyclic) bond motifs is 1. The van der Waals surface area contributed by atoms with Crippen LogP contribution in [0.1, 0.15) is 11.3 Å². The summed E-state index contributed by atoms with van der Waals surface area (Å²) in [5.74, 6) is -0.896. The second-order valence-electron chi connectivity index (χ2n) is 5.35. The van der Waals surface area contributed by atoms with Crippen LogP contribution in [0.25, 0.3) is 5.65 Å². The van der Waals surface area contributed by atoms with Crippen LogP contribution >= 0.6 is 11.8 Å². The molecule has 0 amide bonds. The average Bonchev–Trinajstić information content (AvgIpc) is 2.60. The molecule has 0 saturated carbocycles. The van der Waals surface area contributed by atoms with E-state index in [1.807, 2.05) is 13.0 Å². The Labute approximate surface area is 147 Å². The largest absolute Gasteiger partial charge is 0.459 e. The number of pyridine rings is 1. The molecule has 0 atom stereocenters. The lowest BCUT2D eigenvalue weighted by molar-refractivity contribution is -0.141. The van der Waals surface area contributed by atoms with Crippen LogP contribution in [0.15, 0.2) is 58.4 Å². The van der Waals surface area contributed by atoms with E-state index in [4.69, 9.17) is 4.74 Å². The Morgan fingerprint density at radius 3 is 2.88 bits per heavy atom. The summed E-state index contributed by atoms with van der Waals surface area (Å²) in [7, 11) is 0. The quantitative estimate of drug-likeness (QED) is 0.518. The molecule has 0 N–H and O–H groups in total. The number of carbonyl (C=O) groups is 1. The standard InChI is InChI=1S/C18H15FN2O3S/c1-12-5-4-8-21-16(22)9-13(20-18(12)21)10-24-17(23)11-25-15-7-3-2-6-14(15)19/h2-9H,10-11H2,1H3. The van der Waals surface area contributed by atoms with E-state index < -0.39 is 5.97 Å². The maximum Gasteiger partial charge on any atom is 0.316 e. The predicted molar refractivity (Wildman–Crippen MR) is 93.1 cm³/mol. The Morgan fingerprint density at radius 1 is 1.28 bits per heavy atom. The van der Waals surface area contributed by atoms with Crippen LogP contribution in [0.2, 0.25) is 0 Å². The molecule has 0 fully saturated rings. The summed E-state index contributed by atoms with van der Waals surface area (Å²) in [5, 5.41) is 0. The number of rotatable bonds is 5. The number of esters is 1. The van der Waals surface area contributed by atoms with Crippen LogP contribution in [0.4, 0.5) is 4.39 Å². The third-order valence-corrected chi connectivity index (χ3v) is 4.52. The van der Waals surface area contributed by atoms with Crippen molar-refractivity contribution in [1.29, 1.82) is 0 Å². The van der Waals surface area contributed by atoms with Crippen LogP contribution in [-0.4, -0.2) is 21.1 Å². The molecule has 2 heterocycles. The maximum atomic E-state index is 13.5. The van der Waals surface area contributed by atoms with Gasteiger partial charge in [0.15, 0.2) is 0 Å². The minimum Gasteiger partial charge on any atom is -0.459 e. The van der Waals surface area contributed by atoms with Gasteiger partial charge in [-0.1, -0.05) is 18.2 Å². The summed E-state index contributed by atoms with van der Waals surface area (Å²) in [6.07, 6.45) is 1.64. The molecule has 1 aromatic carbocycles. The van der Waals surface area contributed by atoms with Gasteiger partial charge in [-0.3, -0.25) is 14.0 Å². The highest BCUT2D eigenvalue weighted by atomic mass is 32.2. The Hall–Kier alpha value is -2.67. The second kappa shape index (κ2) is 7.48. The van der Waals surface area contributed by atoms with Gasteiger partial charge in [0, 0.05) is 17.2 Å². The normalized spacial score (nSPS) is 10.8. The zero-order chi connectivity index (χ0) is 17.8. The third-order valence-electron chi connectivity index (χ3n) is 3.50. The van der Waals surface area contributed by atoms with Gasteiger partial charge in [0.05, 0.1) is 11.4 Å². The summed E-state index contributed by atoms with van der Waals surface area (Å²) >= 11 is 1.06. The van der Waals surface area contributed by atoms with E-state index in [0.717, 1.165) is 17.3 Å². The van der Waals surface area contributed by atoms with E-state index in [0.29, 0.717) is 16.2 Å². The van der Waals surface area contributed by atoms with E-state index in [9.17, 15) is 14.0 Å². The van der Waals surface area contributed by atoms with E-state index in [1.165, 1.54) is 16.5 Å². The number of carbonyl (C=O) groups excluding carboxylic acids is 1. The van der Waals surface area contributed by atoms with Crippen molar-refractivity contribution >= 4 is 23.4 Å². The molecule has 2 aromatic heterocycles. The van der Waals surface area contributed by atoms with Crippen LogP contribution in [0.5, 0.6) is 0 Å². The lowest BCUT2D eigenvalue weighted by Crippen LogP contribution is -2.17. The first-order chi connectivity index (χ1) is 12.0. The van der Waals surface area contributed by atoms with Crippen molar-refractivity contribution in [3.05, 3.63) is 76.1 Å². The van der Waals surface area contributed by atoms with Gasteiger partial charge in [-0.25, -0.2) is 9.37 Å². The molecular formula is C18H15FN2O3S. The van der Waals surface area contributed by atoms with Crippen LogP contribution in [0.3, 0.4) is 0 Å². The van der Waals surface area contributed by atoms with Crippen molar-refractivity contribution in [3.63, 3.8) is 0 Å². The minimum atomic E-state index is -0.500. The SMILES string of the molecule is Cc1cccn2c(=O)cc(COC(=O)CSc3ccccc3F)nc12. The Bertz CT molecular complexity index is 987. The highest BCUT2D eigenvalue weighted by Crippen LogP contribution is 2.21. The molecule has 0 unspecified atom stereocenters. The molecule has 0 aliphatic heterocycles. The highest BCUT2D eigenvalue weighted by molar-refractivity contribution is 8.00. The first-order valence-corrected chi connectivity index (χ1v) is 8.54. The zero-order valence-corrected chi connectivity index (χ0v) is 14.3. The van der Waals surface area contributed by atoms with Crippen LogP contribution in [0, 0.1) is 12.7 Å². The lowest BCUT2D eigenvalue weighted by Gasteiger charge is -2.07.